The molecule has 0 radical (unpaired) electrons. The van der Waals surface area contributed by atoms with Crippen LogP contribution < -0.4 is 0 Å². The summed E-state index contributed by atoms with van der Waals surface area (Å²) in [6.45, 7) is 21.2. The summed E-state index contributed by atoms with van der Waals surface area (Å²) in [6.07, 6.45) is 6.24. The Kier molecular flexibility index (Phi) is 7.29. The fourth-order valence-electron chi connectivity index (χ4n) is 2.43. The monoisotopic (exact) mass is 308 g/mol. The van der Waals surface area contributed by atoms with E-state index in [0.717, 1.165) is 25.7 Å². The Labute approximate surface area is 143 Å². The summed E-state index contributed by atoms with van der Waals surface area (Å²) in [4.78, 5) is 0. The van der Waals surface area contributed by atoms with Crippen molar-refractivity contribution in [1.82, 2.24) is 0 Å². The Hall–Kier alpha value is -1.82. The molecule has 0 amide bonds. The topological polar surface area (TPSA) is 0 Å². The molecule has 0 bridgehead atoms. The van der Waals surface area contributed by atoms with Crippen molar-refractivity contribution in [2.75, 3.05) is 0 Å². The Balaban J connectivity index is 2.83. The van der Waals surface area contributed by atoms with Gasteiger partial charge in [0, 0.05) is 0 Å². The van der Waals surface area contributed by atoms with E-state index in [1.54, 1.807) is 0 Å². The van der Waals surface area contributed by atoms with Gasteiger partial charge in [-0.2, -0.15) is 0 Å². The summed E-state index contributed by atoms with van der Waals surface area (Å²) in [5.74, 6) is 0. The van der Waals surface area contributed by atoms with Crippen LogP contribution in [0.1, 0.15) is 52.5 Å². The van der Waals surface area contributed by atoms with Crippen molar-refractivity contribution in [2.45, 2.75) is 53.4 Å². The van der Waals surface area contributed by atoms with Gasteiger partial charge in [0.1, 0.15) is 0 Å². The number of aryl methyl sites for hydroxylation is 1. The molecule has 0 aliphatic carbocycles. The molecule has 0 unspecified atom stereocenters. The van der Waals surface area contributed by atoms with Gasteiger partial charge in [0.15, 0.2) is 0 Å². The van der Waals surface area contributed by atoms with Crippen molar-refractivity contribution >= 4 is 0 Å². The molecule has 0 aliphatic rings. The van der Waals surface area contributed by atoms with Crippen LogP contribution in [0.2, 0.25) is 0 Å². The average Bonchev–Trinajstić information content (AvgIpc) is 2.43. The lowest BCUT2D eigenvalue weighted by Gasteiger charge is -2.21. The van der Waals surface area contributed by atoms with Gasteiger partial charge in [0.2, 0.25) is 0 Å². The normalized spacial score (nSPS) is 12.1. The molecule has 23 heavy (non-hydrogen) atoms. The van der Waals surface area contributed by atoms with Crippen LogP contribution in [-0.4, -0.2) is 0 Å². The highest BCUT2D eigenvalue weighted by molar-refractivity contribution is 5.29. The SMILES string of the molecule is C=C(C)CC(=C)C/C(=C/C(=C)C(C)(C)C)CCc1ccccc1. The molecule has 0 heterocycles. The highest BCUT2D eigenvalue weighted by Gasteiger charge is 2.14. The number of benzene rings is 1. The molecular weight excluding hydrogens is 276 g/mol. The molecule has 0 aromatic heterocycles. The Morgan fingerprint density at radius 2 is 1.61 bits per heavy atom. The minimum atomic E-state index is 0.105. The van der Waals surface area contributed by atoms with E-state index < -0.39 is 0 Å². The van der Waals surface area contributed by atoms with Crippen molar-refractivity contribution in [1.29, 1.82) is 0 Å². The van der Waals surface area contributed by atoms with Crippen molar-refractivity contribution in [3.63, 3.8) is 0 Å². The van der Waals surface area contributed by atoms with Gasteiger partial charge >= 0.3 is 0 Å². The third-order valence-electron chi connectivity index (χ3n) is 3.95. The summed E-state index contributed by atoms with van der Waals surface area (Å²) in [5.41, 5.74) is 6.49. The number of allylic oxidation sites excluding steroid dienone is 5. The van der Waals surface area contributed by atoms with E-state index in [1.165, 1.54) is 27.9 Å². The molecule has 0 spiro atoms. The fraction of sp³-hybridized carbons (Fsp3) is 0.391. The molecule has 1 aromatic rings. The van der Waals surface area contributed by atoms with Crippen LogP contribution in [0.5, 0.6) is 0 Å². The van der Waals surface area contributed by atoms with Gasteiger partial charge in [-0.1, -0.05) is 93.6 Å². The molecule has 124 valence electrons. The van der Waals surface area contributed by atoms with Crippen LogP contribution >= 0.6 is 0 Å². The Bertz CT molecular complexity index is 576. The third-order valence-corrected chi connectivity index (χ3v) is 3.95. The number of hydrogen-bond donors (Lipinski definition) is 0. The molecule has 0 saturated carbocycles. The van der Waals surface area contributed by atoms with Crippen LogP contribution in [0.3, 0.4) is 0 Å². The van der Waals surface area contributed by atoms with E-state index in [1.807, 2.05) is 0 Å². The van der Waals surface area contributed by atoms with E-state index >= 15 is 0 Å². The fourth-order valence-corrected chi connectivity index (χ4v) is 2.43. The lowest BCUT2D eigenvalue weighted by molar-refractivity contribution is 0.517. The maximum Gasteiger partial charge on any atom is -0.0105 e. The van der Waals surface area contributed by atoms with Crippen molar-refractivity contribution in [3.05, 3.63) is 84.0 Å². The lowest BCUT2D eigenvalue weighted by Crippen LogP contribution is -2.07. The summed E-state index contributed by atoms with van der Waals surface area (Å²) < 4.78 is 0. The van der Waals surface area contributed by atoms with E-state index in [0.29, 0.717) is 0 Å². The van der Waals surface area contributed by atoms with Crippen LogP contribution in [0.4, 0.5) is 0 Å². The van der Waals surface area contributed by atoms with E-state index in [-0.39, 0.29) is 5.41 Å². The molecule has 0 atom stereocenters. The highest BCUT2D eigenvalue weighted by atomic mass is 14.2. The summed E-state index contributed by atoms with van der Waals surface area (Å²) >= 11 is 0. The van der Waals surface area contributed by atoms with Gasteiger partial charge in [0.25, 0.3) is 0 Å². The van der Waals surface area contributed by atoms with Crippen LogP contribution in [0.25, 0.3) is 0 Å². The first kappa shape index (κ1) is 19.2. The van der Waals surface area contributed by atoms with Gasteiger partial charge in [0.05, 0.1) is 0 Å². The molecule has 0 saturated heterocycles. The second kappa shape index (κ2) is 8.72. The molecule has 0 fully saturated rings. The van der Waals surface area contributed by atoms with Gasteiger partial charge in [-0.05, 0) is 49.2 Å². The quantitative estimate of drug-likeness (QED) is 0.356. The minimum absolute atomic E-state index is 0.105. The Morgan fingerprint density at radius 1 is 1.00 bits per heavy atom. The Morgan fingerprint density at radius 3 is 2.13 bits per heavy atom. The number of hydrogen-bond acceptors (Lipinski definition) is 0. The molecule has 1 aromatic carbocycles. The summed E-state index contributed by atoms with van der Waals surface area (Å²) in [7, 11) is 0. The molecular formula is C23H32. The standard InChI is InChI=1S/C23H32/c1-18(2)15-19(3)16-22(17-20(4)23(5,6)7)14-13-21-11-9-8-10-12-21/h8-12,17H,1,3-4,13-16H2,2,5-7H3/b22-17+. The average molecular weight is 309 g/mol. The minimum Gasteiger partial charge on any atom is -0.0998 e. The van der Waals surface area contributed by atoms with Crippen molar-refractivity contribution in [2.24, 2.45) is 5.41 Å². The van der Waals surface area contributed by atoms with Gasteiger partial charge in [-0.3, -0.25) is 0 Å². The zero-order valence-electron chi connectivity index (χ0n) is 15.4. The van der Waals surface area contributed by atoms with E-state index in [2.05, 4.69) is 83.8 Å². The molecule has 0 nitrogen and oxygen atoms in total. The van der Waals surface area contributed by atoms with Crippen LogP contribution in [0.15, 0.2) is 78.4 Å². The summed E-state index contributed by atoms with van der Waals surface area (Å²) in [5, 5.41) is 0. The van der Waals surface area contributed by atoms with Crippen molar-refractivity contribution in [3.8, 4) is 0 Å². The smallest absolute Gasteiger partial charge is 0.0105 e. The van der Waals surface area contributed by atoms with Crippen LogP contribution in [0, 0.1) is 5.41 Å². The van der Waals surface area contributed by atoms with Gasteiger partial charge < -0.3 is 0 Å². The first-order valence-corrected chi connectivity index (χ1v) is 8.42. The van der Waals surface area contributed by atoms with Gasteiger partial charge in [-0.15, -0.1) is 0 Å². The highest BCUT2D eigenvalue weighted by Crippen LogP contribution is 2.29. The maximum atomic E-state index is 4.27. The molecule has 1 rings (SSSR count). The first-order valence-electron chi connectivity index (χ1n) is 8.42. The predicted molar refractivity (Wildman–Crippen MR) is 105 cm³/mol. The largest absolute Gasteiger partial charge is 0.0998 e. The van der Waals surface area contributed by atoms with Gasteiger partial charge in [-0.25, -0.2) is 0 Å². The lowest BCUT2D eigenvalue weighted by atomic mass is 9.84. The van der Waals surface area contributed by atoms with E-state index in [4.69, 9.17) is 0 Å². The maximum absolute atomic E-state index is 4.27. The molecule has 0 N–H and O–H groups in total. The zero-order chi connectivity index (χ0) is 17.5. The second-order valence-corrected chi connectivity index (χ2v) is 7.62. The predicted octanol–water partition coefficient (Wildman–Crippen LogP) is 7.06. The molecule has 0 aliphatic heterocycles. The summed E-state index contributed by atoms with van der Waals surface area (Å²) in [6, 6.07) is 10.7. The molecule has 0 heteroatoms. The van der Waals surface area contributed by atoms with E-state index in [9.17, 15) is 0 Å². The third kappa shape index (κ3) is 7.83. The van der Waals surface area contributed by atoms with Crippen molar-refractivity contribution < 1.29 is 0 Å². The van der Waals surface area contributed by atoms with Crippen LogP contribution in [-0.2, 0) is 6.42 Å². The second-order valence-electron chi connectivity index (χ2n) is 7.62. The zero-order valence-corrected chi connectivity index (χ0v) is 15.4. The first-order chi connectivity index (χ1) is 10.7. The number of rotatable bonds is 8.